The number of benzene rings is 1. The van der Waals surface area contributed by atoms with Gasteiger partial charge in [-0.25, -0.2) is 15.0 Å². The molecule has 3 aromatic rings. The zero-order valence-electron chi connectivity index (χ0n) is 16.6. The van der Waals surface area contributed by atoms with Crippen LogP contribution in [0.15, 0.2) is 41.9 Å². The Kier molecular flexibility index (Phi) is 6.90. The lowest BCUT2D eigenvalue weighted by Gasteiger charge is -2.14. The molecule has 0 saturated carbocycles. The summed E-state index contributed by atoms with van der Waals surface area (Å²) in [6.45, 7) is 4.33. The van der Waals surface area contributed by atoms with Gasteiger partial charge >= 0.3 is 0 Å². The highest BCUT2D eigenvalue weighted by atomic mass is 35.5. The predicted octanol–water partition coefficient (Wildman–Crippen LogP) is 4.81. The molecule has 4 rings (SSSR count). The molecule has 1 unspecified atom stereocenters. The molecule has 1 fully saturated rings. The number of thiazole rings is 1. The summed E-state index contributed by atoms with van der Waals surface area (Å²) in [5, 5.41) is 16.4. The second kappa shape index (κ2) is 9.98. The molecule has 1 aliphatic rings. The minimum absolute atomic E-state index is 0.524. The fraction of sp³-hybridized carbons (Fsp3) is 0.364. The second-order valence-electron chi connectivity index (χ2n) is 7.27. The molecule has 8 heteroatoms. The summed E-state index contributed by atoms with van der Waals surface area (Å²) in [4.78, 5) is 16.0. The Balaban J connectivity index is 1.41. The molecule has 0 amide bonds. The lowest BCUT2D eigenvalue weighted by atomic mass is 10.1. The fourth-order valence-corrected chi connectivity index (χ4v) is 4.56. The van der Waals surface area contributed by atoms with Gasteiger partial charge in [0.25, 0.3) is 0 Å². The third-order valence-electron chi connectivity index (χ3n) is 5.14. The topological polar surface area (TPSA) is 77.7 Å². The highest BCUT2D eigenvalue weighted by molar-refractivity contribution is 7.10. The number of hydrogen-bond donors (Lipinski definition) is 1. The van der Waals surface area contributed by atoms with Crippen LogP contribution in [0.4, 0.5) is 5.95 Å². The van der Waals surface area contributed by atoms with Gasteiger partial charge in [-0.05, 0) is 57.1 Å². The number of rotatable bonds is 8. The van der Waals surface area contributed by atoms with Gasteiger partial charge in [0.2, 0.25) is 5.95 Å². The Morgan fingerprint density at radius 3 is 2.73 bits per heavy atom. The van der Waals surface area contributed by atoms with E-state index in [4.69, 9.17) is 11.6 Å². The van der Waals surface area contributed by atoms with Crippen molar-refractivity contribution in [1.82, 2.24) is 19.9 Å². The number of halogens is 1. The van der Waals surface area contributed by atoms with E-state index in [2.05, 4.69) is 31.2 Å². The number of nitrogens with one attached hydrogen (secondary N) is 1. The molecule has 1 atom stereocenters. The SMILES string of the molecule is N#CC(c1ccnc(NCCCN2CCCC2)n1)c1nc(-c2ccc(Cl)cc2)cs1. The van der Waals surface area contributed by atoms with Crippen LogP contribution in [-0.2, 0) is 0 Å². The smallest absolute Gasteiger partial charge is 0.222 e. The lowest BCUT2D eigenvalue weighted by molar-refractivity contribution is 0.337. The Bertz CT molecular complexity index is 1010. The molecule has 1 saturated heterocycles. The summed E-state index contributed by atoms with van der Waals surface area (Å²) in [5.74, 6) is 0.0350. The number of anilines is 1. The number of nitriles is 1. The lowest BCUT2D eigenvalue weighted by Crippen LogP contribution is -2.22. The van der Waals surface area contributed by atoms with Crippen molar-refractivity contribution in [3.05, 3.63) is 57.6 Å². The Hall–Kier alpha value is -2.53. The maximum Gasteiger partial charge on any atom is 0.222 e. The van der Waals surface area contributed by atoms with Gasteiger partial charge in [0, 0.05) is 28.7 Å². The summed E-state index contributed by atoms with van der Waals surface area (Å²) in [7, 11) is 0. The summed E-state index contributed by atoms with van der Waals surface area (Å²) >= 11 is 7.43. The first-order valence-electron chi connectivity index (χ1n) is 10.1. The molecule has 1 aromatic carbocycles. The average Bonchev–Trinajstić information content (AvgIpc) is 3.45. The standard InChI is InChI=1S/C22H23ClN6S/c23-17-6-4-16(5-7-17)20-15-30-21(27-20)18(14-24)19-8-10-26-22(28-19)25-9-3-13-29-11-1-2-12-29/h4-8,10,15,18H,1-3,9,11-13H2,(H,25,26,28). The van der Waals surface area contributed by atoms with E-state index in [0.29, 0.717) is 16.7 Å². The average molecular weight is 439 g/mol. The van der Waals surface area contributed by atoms with Crippen molar-refractivity contribution in [1.29, 1.82) is 5.26 Å². The van der Waals surface area contributed by atoms with Gasteiger partial charge in [-0.3, -0.25) is 0 Å². The highest BCUT2D eigenvalue weighted by Gasteiger charge is 2.20. The molecule has 0 spiro atoms. The largest absolute Gasteiger partial charge is 0.354 e. The van der Waals surface area contributed by atoms with Crippen LogP contribution in [-0.4, -0.2) is 46.0 Å². The van der Waals surface area contributed by atoms with E-state index in [1.807, 2.05) is 29.6 Å². The van der Waals surface area contributed by atoms with Gasteiger partial charge in [-0.1, -0.05) is 23.7 Å². The Labute approximate surface area is 185 Å². The first kappa shape index (κ1) is 20.7. The highest BCUT2D eigenvalue weighted by Crippen LogP contribution is 2.30. The van der Waals surface area contributed by atoms with Crippen LogP contribution < -0.4 is 5.32 Å². The van der Waals surface area contributed by atoms with Crippen LogP contribution in [0.2, 0.25) is 5.02 Å². The number of aromatic nitrogens is 3. The van der Waals surface area contributed by atoms with E-state index in [9.17, 15) is 5.26 Å². The summed E-state index contributed by atoms with van der Waals surface area (Å²) in [6.07, 6.45) is 5.37. The zero-order valence-corrected chi connectivity index (χ0v) is 18.2. The van der Waals surface area contributed by atoms with E-state index in [1.165, 1.54) is 37.3 Å². The molecule has 2 aromatic heterocycles. The third kappa shape index (κ3) is 5.14. The van der Waals surface area contributed by atoms with Gasteiger partial charge in [0.1, 0.15) is 10.9 Å². The van der Waals surface area contributed by atoms with Crippen molar-refractivity contribution in [3.8, 4) is 17.3 Å². The van der Waals surface area contributed by atoms with Crippen LogP contribution in [0.5, 0.6) is 0 Å². The van der Waals surface area contributed by atoms with Gasteiger partial charge in [-0.2, -0.15) is 5.26 Å². The van der Waals surface area contributed by atoms with E-state index >= 15 is 0 Å². The Morgan fingerprint density at radius 1 is 1.17 bits per heavy atom. The molecule has 0 bridgehead atoms. The molecule has 154 valence electrons. The van der Waals surface area contributed by atoms with E-state index in [-0.39, 0.29) is 0 Å². The normalized spacial score (nSPS) is 15.1. The molecule has 6 nitrogen and oxygen atoms in total. The maximum atomic E-state index is 9.79. The van der Waals surface area contributed by atoms with Crippen LogP contribution in [0.1, 0.15) is 35.9 Å². The third-order valence-corrected chi connectivity index (χ3v) is 6.31. The molecular weight excluding hydrogens is 416 g/mol. The molecule has 1 N–H and O–H groups in total. The van der Waals surface area contributed by atoms with Crippen molar-refractivity contribution in [2.24, 2.45) is 0 Å². The van der Waals surface area contributed by atoms with Crippen molar-refractivity contribution in [3.63, 3.8) is 0 Å². The molecule has 3 heterocycles. The minimum Gasteiger partial charge on any atom is -0.354 e. The maximum absolute atomic E-state index is 9.79. The van der Waals surface area contributed by atoms with Crippen molar-refractivity contribution in [2.45, 2.75) is 25.2 Å². The fourth-order valence-electron chi connectivity index (χ4n) is 3.55. The number of hydrogen-bond acceptors (Lipinski definition) is 7. The van der Waals surface area contributed by atoms with Crippen LogP contribution >= 0.6 is 22.9 Å². The number of likely N-dealkylation sites (tertiary alicyclic amines) is 1. The van der Waals surface area contributed by atoms with E-state index in [0.717, 1.165) is 35.8 Å². The quantitative estimate of drug-likeness (QED) is 0.508. The zero-order chi connectivity index (χ0) is 20.8. The first-order chi connectivity index (χ1) is 14.7. The van der Waals surface area contributed by atoms with Gasteiger partial charge in [0.05, 0.1) is 17.5 Å². The first-order valence-corrected chi connectivity index (χ1v) is 11.4. The van der Waals surface area contributed by atoms with Gasteiger partial charge in [-0.15, -0.1) is 11.3 Å². The molecule has 30 heavy (non-hydrogen) atoms. The second-order valence-corrected chi connectivity index (χ2v) is 8.60. The van der Waals surface area contributed by atoms with E-state index < -0.39 is 5.92 Å². The summed E-state index contributed by atoms with van der Waals surface area (Å²) in [5.41, 5.74) is 2.47. The van der Waals surface area contributed by atoms with Crippen molar-refractivity contribution < 1.29 is 0 Å². The number of nitrogens with zero attached hydrogens (tertiary/aromatic N) is 5. The summed E-state index contributed by atoms with van der Waals surface area (Å²) < 4.78 is 0. The minimum atomic E-state index is -0.524. The molecule has 0 aliphatic carbocycles. The van der Waals surface area contributed by atoms with Crippen LogP contribution in [0.25, 0.3) is 11.3 Å². The monoisotopic (exact) mass is 438 g/mol. The van der Waals surface area contributed by atoms with E-state index in [1.54, 1.807) is 12.3 Å². The molecule has 1 aliphatic heterocycles. The van der Waals surface area contributed by atoms with Crippen molar-refractivity contribution in [2.75, 3.05) is 31.5 Å². The Morgan fingerprint density at radius 2 is 1.97 bits per heavy atom. The molecule has 0 radical (unpaired) electrons. The molecular formula is C22H23ClN6S. The van der Waals surface area contributed by atoms with Crippen molar-refractivity contribution >= 4 is 28.9 Å². The summed E-state index contributed by atoms with van der Waals surface area (Å²) in [6, 6.07) is 11.7. The van der Waals surface area contributed by atoms with Gasteiger partial charge < -0.3 is 10.2 Å². The predicted molar refractivity (Wildman–Crippen MR) is 121 cm³/mol. The van der Waals surface area contributed by atoms with Gasteiger partial charge in [0.15, 0.2) is 0 Å². The van der Waals surface area contributed by atoms with Crippen LogP contribution in [0, 0.1) is 11.3 Å². The van der Waals surface area contributed by atoms with Crippen LogP contribution in [0.3, 0.4) is 0 Å².